The van der Waals surface area contributed by atoms with Crippen LogP contribution >= 0.6 is 15.9 Å². The molecule has 7 heteroatoms. The van der Waals surface area contributed by atoms with E-state index in [4.69, 9.17) is 0 Å². The Morgan fingerprint density at radius 3 is 3.00 bits per heavy atom. The van der Waals surface area contributed by atoms with Gasteiger partial charge in [-0.2, -0.15) is 5.10 Å². The Hall–Kier alpha value is -1.89. The first kappa shape index (κ1) is 15.0. The van der Waals surface area contributed by atoms with Gasteiger partial charge in [-0.05, 0) is 40.9 Å². The Balaban J connectivity index is 1.68. The summed E-state index contributed by atoms with van der Waals surface area (Å²) in [7, 11) is 1.77. The zero-order chi connectivity index (χ0) is 15.5. The molecule has 0 radical (unpaired) electrons. The van der Waals surface area contributed by atoms with Crippen LogP contribution in [0, 0.1) is 0 Å². The Morgan fingerprint density at radius 1 is 1.41 bits per heavy atom. The number of aryl methyl sites for hydroxylation is 1. The number of nitrogens with zero attached hydrogens (tertiary/aromatic N) is 4. The number of hydrogen-bond donors (Lipinski definition) is 1. The van der Waals surface area contributed by atoms with Crippen molar-refractivity contribution >= 4 is 27.5 Å². The SMILES string of the molecule is Cn1nccc1C(=O)NC1CCCN(c2ccncc2Br)C1. The van der Waals surface area contributed by atoms with E-state index in [0.29, 0.717) is 5.69 Å². The number of carbonyl (C=O) groups is 1. The number of carbonyl (C=O) groups excluding carboxylic acids is 1. The predicted molar refractivity (Wildman–Crippen MR) is 87.8 cm³/mol. The maximum Gasteiger partial charge on any atom is 0.269 e. The fourth-order valence-corrected chi connectivity index (χ4v) is 3.30. The molecule has 2 aromatic rings. The summed E-state index contributed by atoms with van der Waals surface area (Å²) in [4.78, 5) is 18.7. The standard InChI is InChI=1S/C15H18BrN5O/c1-20-14(5-7-18-20)15(22)19-11-3-2-8-21(10-11)13-4-6-17-9-12(13)16/h4-7,9,11H,2-3,8,10H2,1H3,(H,19,22). The molecule has 6 nitrogen and oxygen atoms in total. The molecule has 0 saturated carbocycles. The van der Waals surface area contributed by atoms with Crippen LogP contribution in [0.2, 0.25) is 0 Å². The lowest BCUT2D eigenvalue weighted by atomic mass is 10.0. The van der Waals surface area contributed by atoms with Gasteiger partial charge in [0.05, 0.1) is 10.2 Å². The van der Waals surface area contributed by atoms with Gasteiger partial charge in [0.25, 0.3) is 5.91 Å². The fraction of sp³-hybridized carbons (Fsp3) is 0.400. The number of amides is 1. The second-order valence-electron chi connectivity index (χ2n) is 5.43. The third-order valence-electron chi connectivity index (χ3n) is 3.90. The first-order chi connectivity index (χ1) is 10.6. The van der Waals surface area contributed by atoms with Gasteiger partial charge in [0.2, 0.25) is 0 Å². The molecular formula is C15H18BrN5O. The van der Waals surface area contributed by atoms with E-state index in [0.717, 1.165) is 36.1 Å². The number of halogens is 1. The van der Waals surface area contributed by atoms with Crippen LogP contribution in [0.1, 0.15) is 23.3 Å². The molecule has 1 fully saturated rings. The maximum atomic E-state index is 12.3. The van der Waals surface area contributed by atoms with Crippen LogP contribution in [0.5, 0.6) is 0 Å². The van der Waals surface area contributed by atoms with Crippen molar-refractivity contribution in [1.82, 2.24) is 20.1 Å². The molecule has 0 aromatic carbocycles. The molecule has 1 aliphatic rings. The molecule has 3 rings (SSSR count). The number of anilines is 1. The van der Waals surface area contributed by atoms with Gasteiger partial charge >= 0.3 is 0 Å². The van der Waals surface area contributed by atoms with Crippen molar-refractivity contribution in [2.75, 3.05) is 18.0 Å². The first-order valence-electron chi connectivity index (χ1n) is 7.28. The number of aromatic nitrogens is 3. The largest absolute Gasteiger partial charge is 0.368 e. The zero-order valence-electron chi connectivity index (χ0n) is 12.4. The molecule has 1 unspecified atom stereocenters. The summed E-state index contributed by atoms with van der Waals surface area (Å²) in [6, 6.07) is 3.86. The molecule has 1 atom stereocenters. The molecule has 0 spiro atoms. The van der Waals surface area contributed by atoms with E-state index < -0.39 is 0 Å². The third kappa shape index (κ3) is 3.14. The molecule has 3 heterocycles. The van der Waals surface area contributed by atoms with Crippen molar-refractivity contribution in [3.05, 3.63) is 40.9 Å². The highest BCUT2D eigenvalue weighted by molar-refractivity contribution is 9.10. The zero-order valence-corrected chi connectivity index (χ0v) is 14.0. The van der Waals surface area contributed by atoms with Gasteiger partial charge < -0.3 is 10.2 Å². The maximum absolute atomic E-state index is 12.3. The van der Waals surface area contributed by atoms with E-state index in [1.54, 1.807) is 36.4 Å². The van der Waals surface area contributed by atoms with Gasteiger partial charge in [-0.3, -0.25) is 14.5 Å². The van der Waals surface area contributed by atoms with Gasteiger partial charge in [-0.1, -0.05) is 0 Å². The lowest BCUT2D eigenvalue weighted by Crippen LogP contribution is -2.48. The molecule has 2 aromatic heterocycles. The van der Waals surface area contributed by atoms with Crippen molar-refractivity contribution in [2.45, 2.75) is 18.9 Å². The molecular weight excluding hydrogens is 346 g/mol. The van der Waals surface area contributed by atoms with Crippen molar-refractivity contribution < 1.29 is 4.79 Å². The predicted octanol–water partition coefficient (Wildman–Crippen LogP) is 1.98. The average Bonchev–Trinajstić information content (AvgIpc) is 2.94. The Morgan fingerprint density at radius 2 is 2.27 bits per heavy atom. The van der Waals surface area contributed by atoms with Crippen LogP contribution in [-0.2, 0) is 7.05 Å². The quantitative estimate of drug-likeness (QED) is 0.905. The Labute approximate surface area is 137 Å². The van der Waals surface area contributed by atoms with E-state index in [9.17, 15) is 4.79 Å². The van der Waals surface area contributed by atoms with Crippen molar-refractivity contribution in [3.8, 4) is 0 Å². The lowest BCUT2D eigenvalue weighted by molar-refractivity contribution is 0.0923. The third-order valence-corrected chi connectivity index (χ3v) is 4.51. The summed E-state index contributed by atoms with van der Waals surface area (Å²) < 4.78 is 2.57. The molecule has 0 aliphatic carbocycles. The fourth-order valence-electron chi connectivity index (χ4n) is 2.79. The van der Waals surface area contributed by atoms with Gasteiger partial charge in [0.15, 0.2) is 0 Å². The smallest absolute Gasteiger partial charge is 0.269 e. The minimum absolute atomic E-state index is 0.0688. The van der Waals surface area contributed by atoms with E-state index in [1.165, 1.54) is 0 Å². The number of nitrogens with one attached hydrogen (secondary N) is 1. The second-order valence-corrected chi connectivity index (χ2v) is 6.28. The topological polar surface area (TPSA) is 63.1 Å². The monoisotopic (exact) mass is 363 g/mol. The van der Waals surface area contributed by atoms with Crippen LogP contribution in [0.3, 0.4) is 0 Å². The lowest BCUT2D eigenvalue weighted by Gasteiger charge is -2.35. The van der Waals surface area contributed by atoms with Crippen LogP contribution in [0.25, 0.3) is 0 Å². The number of piperidine rings is 1. The first-order valence-corrected chi connectivity index (χ1v) is 8.08. The highest BCUT2D eigenvalue weighted by Crippen LogP contribution is 2.27. The highest BCUT2D eigenvalue weighted by atomic mass is 79.9. The average molecular weight is 364 g/mol. The van der Waals surface area contributed by atoms with Crippen LogP contribution in [0.4, 0.5) is 5.69 Å². The minimum atomic E-state index is -0.0688. The van der Waals surface area contributed by atoms with E-state index in [1.807, 2.05) is 6.07 Å². The molecule has 22 heavy (non-hydrogen) atoms. The van der Waals surface area contributed by atoms with Crippen molar-refractivity contribution in [1.29, 1.82) is 0 Å². The summed E-state index contributed by atoms with van der Waals surface area (Å²) in [5.41, 5.74) is 1.71. The number of pyridine rings is 1. The number of hydrogen-bond acceptors (Lipinski definition) is 4. The van der Waals surface area contributed by atoms with Crippen LogP contribution < -0.4 is 10.2 Å². The highest BCUT2D eigenvalue weighted by Gasteiger charge is 2.23. The van der Waals surface area contributed by atoms with E-state index in [2.05, 4.69) is 36.2 Å². The summed E-state index contributed by atoms with van der Waals surface area (Å²) >= 11 is 3.54. The Bertz CT molecular complexity index is 671. The van der Waals surface area contributed by atoms with Crippen LogP contribution in [0.15, 0.2) is 35.2 Å². The second kappa shape index (κ2) is 6.48. The van der Waals surface area contributed by atoms with Gasteiger partial charge in [-0.15, -0.1) is 0 Å². The normalized spacial score (nSPS) is 18.3. The summed E-state index contributed by atoms with van der Waals surface area (Å²) in [6.07, 6.45) is 7.26. The summed E-state index contributed by atoms with van der Waals surface area (Å²) in [5.74, 6) is -0.0688. The van der Waals surface area contributed by atoms with Crippen molar-refractivity contribution in [2.24, 2.45) is 7.05 Å². The number of rotatable bonds is 3. The molecule has 1 N–H and O–H groups in total. The van der Waals surface area contributed by atoms with Gasteiger partial charge in [0.1, 0.15) is 5.69 Å². The summed E-state index contributed by atoms with van der Waals surface area (Å²) in [6.45, 7) is 1.78. The molecule has 116 valence electrons. The molecule has 1 aliphatic heterocycles. The summed E-state index contributed by atoms with van der Waals surface area (Å²) in [5, 5.41) is 7.15. The van der Waals surface area contributed by atoms with Crippen LogP contribution in [-0.4, -0.2) is 39.8 Å². The van der Waals surface area contributed by atoms with Gasteiger partial charge in [0, 0.05) is 44.8 Å². The van der Waals surface area contributed by atoms with E-state index in [-0.39, 0.29) is 11.9 Å². The molecule has 1 saturated heterocycles. The van der Waals surface area contributed by atoms with Gasteiger partial charge in [-0.25, -0.2) is 0 Å². The molecule has 1 amide bonds. The van der Waals surface area contributed by atoms with Crippen molar-refractivity contribution in [3.63, 3.8) is 0 Å². The van der Waals surface area contributed by atoms with E-state index >= 15 is 0 Å². The minimum Gasteiger partial charge on any atom is -0.368 e. The Kier molecular flexibility index (Phi) is 4.42. The molecule has 0 bridgehead atoms.